The number of nitrogens with one attached hydrogen (secondary N) is 1. The Morgan fingerprint density at radius 2 is 2.28 bits per heavy atom. The predicted octanol–water partition coefficient (Wildman–Crippen LogP) is 0.768. The number of anilines is 1. The summed E-state index contributed by atoms with van der Waals surface area (Å²) in [5.41, 5.74) is 0.357. The maximum absolute atomic E-state index is 12.2. The molecule has 2 heterocycles. The zero-order valence-corrected chi connectivity index (χ0v) is 10.9. The normalized spacial score (nSPS) is 22.8. The third kappa shape index (κ3) is 2.43. The van der Waals surface area contributed by atoms with E-state index in [4.69, 9.17) is 4.74 Å². The highest BCUT2D eigenvalue weighted by atomic mass is 16.5. The molecule has 1 amide bonds. The van der Waals surface area contributed by atoms with Crippen molar-refractivity contribution >= 4 is 11.7 Å². The molecule has 6 heteroatoms. The first-order chi connectivity index (χ1) is 8.63. The maximum Gasteiger partial charge on any atom is 0.274 e. The largest absolute Gasteiger partial charge is 0.376 e. The fourth-order valence-electron chi connectivity index (χ4n) is 2.13. The second-order valence-electron chi connectivity index (χ2n) is 4.38. The summed E-state index contributed by atoms with van der Waals surface area (Å²) in [5, 5.41) is 2.87. The SMILES string of the molecule is CNc1cnc(C(=O)N(C)C2CCOC2C)cn1. The van der Waals surface area contributed by atoms with Gasteiger partial charge in [-0.3, -0.25) is 4.79 Å². The number of amides is 1. The zero-order valence-electron chi connectivity index (χ0n) is 10.9. The topological polar surface area (TPSA) is 67.4 Å². The van der Waals surface area contributed by atoms with Crippen molar-refractivity contribution in [3.63, 3.8) is 0 Å². The summed E-state index contributed by atoms with van der Waals surface area (Å²) in [4.78, 5) is 22.1. The second-order valence-corrected chi connectivity index (χ2v) is 4.38. The minimum atomic E-state index is -0.118. The molecule has 1 saturated heterocycles. The van der Waals surface area contributed by atoms with Crippen LogP contribution in [0.15, 0.2) is 12.4 Å². The molecule has 1 aromatic heterocycles. The molecule has 2 rings (SSSR count). The zero-order chi connectivity index (χ0) is 13.1. The van der Waals surface area contributed by atoms with Crippen molar-refractivity contribution < 1.29 is 9.53 Å². The van der Waals surface area contributed by atoms with Crippen LogP contribution in [0.3, 0.4) is 0 Å². The van der Waals surface area contributed by atoms with E-state index in [9.17, 15) is 4.79 Å². The Labute approximate surface area is 106 Å². The molecule has 2 unspecified atom stereocenters. The molecule has 1 fully saturated rings. The van der Waals surface area contributed by atoms with Crippen LogP contribution in [0, 0.1) is 0 Å². The number of hydrogen-bond acceptors (Lipinski definition) is 5. The maximum atomic E-state index is 12.2. The van der Waals surface area contributed by atoms with Crippen LogP contribution in [0.2, 0.25) is 0 Å². The number of carbonyl (C=O) groups is 1. The molecular weight excluding hydrogens is 232 g/mol. The summed E-state index contributed by atoms with van der Waals surface area (Å²) in [5.74, 6) is 0.527. The minimum Gasteiger partial charge on any atom is -0.376 e. The lowest BCUT2D eigenvalue weighted by molar-refractivity contribution is 0.0569. The molecular formula is C12H18N4O2. The summed E-state index contributed by atoms with van der Waals surface area (Å²) in [6.07, 6.45) is 3.98. The molecule has 0 radical (unpaired) electrons. The van der Waals surface area contributed by atoms with Crippen LogP contribution >= 0.6 is 0 Å². The Morgan fingerprint density at radius 1 is 1.50 bits per heavy atom. The van der Waals surface area contributed by atoms with Gasteiger partial charge in [-0.2, -0.15) is 0 Å². The van der Waals surface area contributed by atoms with Gasteiger partial charge >= 0.3 is 0 Å². The molecule has 1 aliphatic heterocycles. The standard InChI is InChI=1S/C12H18N4O2/c1-8-10(4-5-18-8)16(3)12(17)9-6-15-11(13-2)7-14-9/h6-8,10H,4-5H2,1-3H3,(H,13,15). The number of hydrogen-bond donors (Lipinski definition) is 1. The van der Waals surface area contributed by atoms with Crippen LogP contribution in [-0.2, 0) is 4.74 Å². The summed E-state index contributed by atoms with van der Waals surface area (Å²) >= 11 is 0. The van der Waals surface area contributed by atoms with Gasteiger partial charge in [0.15, 0.2) is 0 Å². The summed E-state index contributed by atoms with van der Waals surface area (Å²) in [6.45, 7) is 2.69. The Balaban J connectivity index is 2.09. The first-order valence-electron chi connectivity index (χ1n) is 6.02. The van der Waals surface area contributed by atoms with Gasteiger partial charge in [0, 0.05) is 20.7 Å². The van der Waals surface area contributed by atoms with Crippen molar-refractivity contribution in [2.75, 3.05) is 26.0 Å². The molecule has 0 bridgehead atoms. The molecule has 0 aromatic carbocycles. The van der Waals surface area contributed by atoms with Gasteiger partial charge in [-0.1, -0.05) is 0 Å². The van der Waals surface area contributed by atoms with E-state index < -0.39 is 0 Å². The van der Waals surface area contributed by atoms with Gasteiger partial charge in [-0.25, -0.2) is 9.97 Å². The Kier molecular flexibility index (Phi) is 3.76. The molecule has 1 aromatic rings. The number of ether oxygens (including phenoxy) is 1. The number of carbonyl (C=O) groups excluding carboxylic acids is 1. The molecule has 0 saturated carbocycles. The molecule has 1 aliphatic rings. The van der Waals surface area contributed by atoms with E-state index in [0.29, 0.717) is 18.1 Å². The van der Waals surface area contributed by atoms with Gasteiger partial charge in [-0.15, -0.1) is 0 Å². The van der Waals surface area contributed by atoms with Crippen LogP contribution in [0.1, 0.15) is 23.8 Å². The molecule has 0 aliphatic carbocycles. The van der Waals surface area contributed by atoms with E-state index in [-0.39, 0.29) is 18.1 Å². The van der Waals surface area contributed by atoms with Gasteiger partial charge in [0.05, 0.1) is 24.5 Å². The lowest BCUT2D eigenvalue weighted by Crippen LogP contribution is -2.41. The third-order valence-electron chi connectivity index (χ3n) is 3.28. The van der Waals surface area contributed by atoms with Gasteiger partial charge in [0.2, 0.25) is 0 Å². The predicted molar refractivity (Wildman–Crippen MR) is 67.5 cm³/mol. The average molecular weight is 250 g/mol. The number of likely N-dealkylation sites (N-methyl/N-ethyl adjacent to an activating group) is 1. The van der Waals surface area contributed by atoms with E-state index in [0.717, 1.165) is 6.42 Å². The van der Waals surface area contributed by atoms with Gasteiger partial charge in [0.25, 0.3) is 5.91 Å². The van der Waals surface area contributed by atoms with Crippen LogP contribution in [0.5, 0.6) is 0 Å². The van der Waals surface area contributed by atoms with E-state index in [1.165, 1.54) is 6.20 Å². The van der Waals surface area contributed by atoms with E-state index in [1.54, 1.807) is 25.2 Å². The van der Waals surface area contributed by atoms with Crippen LogP contribution in [-0.4, -0.2) is 53.6 Å². The molecule has 2 atom stereocenters. The number of aromatic nitrogens is 2. The Morgan fingerprint density at radius 3 is 2.78 bits per heavy atom. The van der Waals surface area contributed by atoms with Crippen LogP contribution in [0.4, 0.5) is 5.82 Å². The summed E-state index contributed by atoms with van der Waals surface area (Å²) < 4.78 is 5.47. The average Bonchev–Trinajstić information content (AvgIpc) is 2.83. The molecule has 0 spiro atoms. The Bertz CT molecular complexity index is 421. The van der Waals surface area contributed by atoms with Crippen molar-refractivity contribution in [2.24, 2.45) is 0 Å². The Hall–Kier alpha value is -1.69. The molecule has 98 valence electrons. The fourth-order valence-corrected chi connectivity index (χ4v) is 2.13. The smallest absolute Gasteiger partial charge is 0.274 e. The summed E-state index contributed by atoms with van der Waals surface area (Å²) in [7, 11) is 3.54. The number of nitrogens with zero attached hydrogens (tertiary/aromatic N) is 3. The van der Waals surface area contributed by atoms with Crippen molar-refractivity contribution in [3.05, 3.63) is 18.1 Å². The quantitative estimate of drug-likeness (QED) is 0.858. The van der Waals surface area contributed by atoms with Gasteiger partial charge in [-0.05, 0) is 13.3 Å². The lowest BCUT2D eigenvalue weighted by Gasteiger charge is -2.26. The van der Waals surface area contributed by atoms with Crippen molar-refractivity contribution in [2.45, 2.75) is 25.5 Å². The highest BCUT2D eigenvalue weighted by Gasteiger charge is 2.31. The summed E-state index contributed by atoms with van der Waals surface area (Å²) in [6, 6.07) is 0.114. The van der Waals surface area contributed by atoms with Crippen molar-refractivity contribution in [1.82, 2.24) is 14.9 Å². The van der Waals surface area contributed by atoms with Gasteiger partial charge in [0.1, 0.15) is 11.5 Å². The molecule has 6 nitrogen and oxygen atoms in total. The minimum absolute atomic E-state index is 0.0727. The first-order valence-corrected chi connectivity index (χ1v) is 6.02. The highest BCUT2D eigenvalue weighted by Crippen LogP contribution is 2.19. The van der Waals surface area contributed by atoms with E-state index in [2.05, 4.69) is 15.3 Å². The van der Waals surface area contributed by atoms with Crippen LogP contribution in [0.25, 0.3) is 0 Å². The lowest BCUT2D eigenvalue weighted by atomic mass is 10.1. The van der Waals surface area contributed by atoms with Crippen molar-refractivity contribution in [3.8, 4) is 0 Å². The molecule has 1 N–H and O–H groups in total. The van der Waals surface area contributed by atoms with E-state index in [1.807, 2.05) is 6.92 Å². The first kappa shape index (κ1) is 12.8. The van der Waals surface area contributed by atoms with Crippen LogP contribution < -0.4 is 5.32 Å². The van der Waals surface area contributed by atoms with Crippen molar-refractivity contribution in [1.29, 1.82) is 0 Å². The highest BCUT2D eigenvalue weighted by molar-refractivity contribution is 5.92. The number of rotatable bonds is 3. The fraction of sp³-hybridized carbons (Fsp3) is 0.583. The monoisotopic (exact) mass is 250 g/mol. The molecule has 18 heavy (non-hydrogen) atoms. The second kappa shape index (κ2) is 5.30. The van der Waals surface area contributed by atoms with E-state index >= 15 is 0 Å². The van der Waals surface area contributed by atoms with Gasteiger partial charge < -0.3 is 15.0 Å². The third-order valence-corrected chi connectivity index (χ3v) is 3.28.